The number of amides is 1. The van der Waals surface area contributed by atoms with Gasteiger partial charge in [0.2, 0.25) is 0 Å². The molecule has 1 aliphatic rings. The van der Waals surface area contributed by atoms with E-state index in [9.17, 15) is 4.79 Å². The van der Waals surface area contributed by atoms with E-state index in [1.54, 1.807) is 6.07 Å². The molecule has 0 unspecified atom stereocenters. The minimum atomic E-state index is -0.0897. The van der Waals surface area contributed by atoms with E-state index in [0.29, 0.717) is 10.8 Å². The molecular weight excluding hydrogens is 264 g/mol. The van der Waals surface area contributed by atoms with E-state index >= 15 is 0 Å². The Labute approximate surface area is 118 Å². The highest BCUT2D eigenvalue weighted by Gasteiger charge is 2.15. The second kappa shape index (κ2) is 6.78. The molecule has 5 heteroatoms. The van der Waals surface area contributed by atoms with Crippen LogP contribution in [0.1, 0.15) is 18.4 Å². The van der Waals surface area contributed by atoms with Gasteiger partial charge in [-0.05, 0) is 38.4 Å². The van der Waals surface area contributed by atoms with Gasteiger partial charge in [-0.3, -0.25) is 4.79 Å². The molecule has 104 valence electrons. The van der Waals surface area contributed by atoms with Crippen LogP contribution in [0.3, 0.4) is 0 Å². The number of hydrogen-bond acceptors (Lipinski definition) is 3. The molecular formula is C14H19ClN2O2. The lowest BCUT2D eigenvalue weighted by atomic mass is 10.1. The largest absolute Gasteiger partial charge is 0.483 e. The summed E-state index contributed by atoms with van der Waals surface area (Å²) in [4.78, 5) is 11.8. The molecule has 1 amide bonds. The molecule has 0 aromatic heterocycles. The van der Waals surface area contributed by atoms with Crippen LogP contribution in [-0.2, 0) is 4.79 Å². The van der Waals surface area contributed by atoms with Crippen LogP contribution in [-0.4, -0.2) is 31.6 Å². The van der Waals surface area contributed by atoms with Crippen LogP contribution in [0, 0.1) is 6.92 Å². The molecule has 0 saturated carbocycles. The highest BCUT2D eigenvalue weighted by atomic mass is 35.5. The Bertz CT molecular complexity index is 445. The molecule has 1 aromatic carbocycles. The van der Waals surface area contributed by atoms with Gasteiger partial charge in [0.25, 0.3) is 5.91 Å². The topological polar surface area (TPSA) is 50.4 Å². The van der Waals surface area contributed by atoms with Gasteiger partial charge in [0.05, 0.1) is 0 Å². The van der Waals surface area contributed by atoms with Crippen molar-refractivity contribution in [1.29, 1.82) is 0 Å². The average molecular weight is 283 g/mol. The first-order chi connectivity index (χ1) is 9.16. The minimum absolute atomic E-state index is 0.0255. The highest BCUT2D eigenvalue weighted by molar-refractivity contribution is 6.31. The van der Waals surface area contributed by atoms with Crippen molar-refractivity contribution in [3.63, 3.8) is 0 Å². The van der Waals surface area contributed by atoms with E-state index in [-0.39, 0.29) is 18.6 Å². The fraction of sp³-hybridized carbons (Fsp3) is 0.500. The van der Waals surface area contributed by atoms with Crippen LogP contribution >= 0.6 is 11.6 Å². The van der Waals surface area contributed by atoms with Gasteiger partial charge < -0.3 is 15.4 Å². The molecule has 0 bridgehead atoms. The first kappa shape index (κ1) is 14.2. The molecule has 4 nitrogen and oxygen atoms in total. The number of piperidine rings is 1. The molecule has 0 aliphatic carbocycles. The maximum atomic E-state index is 11.8. The van der Waals surface area contributed by atoms with Crippen molar-refractivity contribution in [2.75, 3.05) is 19.7 Å². The molecule has 0 radical (unpaired) electrons. The minimum Gasteiger partial charge on any atom is -0.483 e. The Balaban J connectivity index is 1.81. The van der Waals surface area contributed by atoms with Gasteiger partial charge in [-0.25, -0.2) is 0 Å². The number of halogens is 1. The SMILES string of the molecule is Cc1c(Cl)cccc1OCC(=O)N[C@H]1CCCNC1. The standard InChI is InChI=1S/C14H19ClN2O2/c1-10-12(15)5-2-6-13(10)19-9-14(18)17-11-4-3-7-16-8-11/h2,5-6,11,16H,3-4,7-9H2,1H3,(H,17,18)/t11-/m0/s1. The molecule has 0 spiro atoms. The second-order valence-electron chi connectivity index (χ2n) is 4.76. The lowest BCUT2D eigenvalue weighted by Gasteiger charge is -2.23. The van der Waals surface area contributed by atoms with Gasteiger partial charge in [0, 0.05) is 23.2 Å². The fourth-order valence-electron chi connectivity index (χ4n) is 2.13. The first-order valence-corrected chi connectivity index (χ1v) is 6.92. The van der Waals surface area contributed by atoms with Crippen LogP contribution in [0.2, 0.25) is 5.02 Å². The zero-order valence-electron chi connectivity index (χ0n) is 11.0. The molecule has 2 rings (SSSR count). The summed E-state index contributed by atoms with van der Waals surface area (Å²) in [7, 11) is 0. The van der Waals surface area contributed by atoms with E-state index in [1.165, 1.54) is 0 Å². The third-order valence-electron chi connectivity index (χ3n) is 3.24. The van der Waals surface area contributed by atoms with Gasteiger partial charge in [-0.2, -0.15) is 0 Å². The van der Waals surface area contributed by atoms with E-state index < -0.39 is 0 Å². The average Bonchev–Trinajstić information content (AvgIpc) is 2.42. The Morgan fingerprint density at radius 1 is 1.58 bits per heavy atom. The molecule has 1 saturated heterocycles. The predicted octanol–water partition coefficient (Wildman–Crippen LogP) is 1.90. The summed E-state index contributed by atoms with van der Waals surface area (Å²) in [5.41, 5.74) is 0.858. The molecule has 19 heavy (non-hydrogen) atoms. The number of nitrogens with one attached hydrogen (secondary N) is 2. The molecule has 1 atom stereocenters. The van der Waals surface area contributed by atoms with Crippen molar-refractivity contribution in [2.24, 2.45) is 0 Å². The molecule has 1 aromatic rings. The van der Waals surface area contributed by atoms with E-state index in [0.717, 1.165) is 31.5 Å². The van der Waals surface area contributed by atoms with Crippen molar-refractivity contribution in [3.8, 4) is 5.75 Å². The quantitative estimate of drug-likeness (QED) is 0.887. The lowest BCUT2D eigenvalue weighted by molar-refractivity contribution is -0.123. The highest BCUT2D eigenvalue weighted by Crippen LogP contribution is 2.24. The summed E-state index contributed by atoms with van der Waals surface area (Å²) >= 11 is 6.00. The molecule has 1 fully saturated rings. The molecule has 2 N–H and O–H groups in total. The molecule has 1 heterocycles. The Hall–Kier alpha value is -1.26. The number of benzene rings is 1. The predicted molar refractivity (Wildman–Crippen MR) is 75.7 cm³/mol. The van der Waals surface area contributed by atoms with Crippen LogP contribution in [0.25, 0.3) is 0 Å². The summed E-state index contributed by atoms with van der Waals surface area (Å²) in [6.45, 7) is 3.77. The number of hydrogen-bond donors (Lipinski definition) is 2. The third kappa shape index (κ3) is 4.11. The lowest BCUT2D eigenvalue weighted by Crippen LogP contribution is -2.47. The maximum absolute atomic E-state index is 11.8. The van der Waals surface area contributed by atoms with Crippen molar-refractivity contribution in [2.45, 2.75) is 25.8 Å². The van der Waals surface area contributed by atoms with Crippen molar-refractivity contribution in [1.82, 2.24) is 10.6 Å². The summed E-state index contributed by atoms with van der Waals surface area (Å²) in [6.07, 6.45) is 2.12. The first-order valence-electron chi connectivity index (χ1n) is 6.55. The molecule has 1 aliphatic heterocycles. The normalized spacial score (nSPS) is 18.9. The van der Waals surface area contributed by atoms with E-state index in [1.807, 2.05) is 19.1 Å². The number of rotatable bonds is 4. The maximum Gasteiger partial charge on any atom is 0.258 e. The van der Waals surface area contributed by atoms with Crippen molar-refractivity contribution in [3.05, 3.63) is 28.8 Å². The Kier molecular flexibility index (Phi) is 5.05. The van der Waals surface area contributed by atoms with Gasteiger partial charge in [-0.15, -0.1) is 0 Å². The van der Waals surface area contributed by atoms with Gasteiger partial charge in [-0.1, -0.05) is 17.7 Å². The number of carbonyl (C=O) groups is 1. The number of ether oxygens (including phenoxy) is 1. The van der Waals surface area contributed by atoms with Gasteiger partial charge in [0.15, 0.2) is 6.61 Å². The van der Waals surface area contributed by atoms with E-state index in [4.69, 9.17) is 16.3 Å². The van der Waals surface area contributed by atoms with Gasteiger partial charge in [0.1, 0.15) is 5.75 Å². The fourth-order valence-corrected chi connectivity index (χ4v) is 2.30. The summed E-state index contributed by atoms with van der Waals surface area (Å²) in [6, 6.07) is 5.65. The number of carbonyl (C=O) groups excluding carboxylic acids is 1. The van der Waals surface area contributed by atoms with Gasteiger partial charge >= 0.3 is 0 Å². The zero-order valence-corrected chi connectivity index (χ0v) is 11.8. The summed E-state index contributed by atoms with van der Waals surface area (Å²) < 4.78 is 5.50. The van der Waals surface area contributed by atoms with Crippen LogP contribution in [0.4, 0.5) is 0 Å². The monoisotopic (exact) mass is 282 g/mol. The van der Waals surface area contributed by atoms with Crippen LogP contribution in [0.5, 0.6) is 5.75 Å². The summed E-state index contributed by atoms with van der Waals surface area (Å²) in [5, 5.41) is 6.87. The Morgan fingerprint density at radius 2 is 2.42 bits per heavy atom. The summed E-state index contributed by atoms with van der Waals surface area (Å²) in [5.74, 6) is 0.567. The smallest absolute Gasteiger partial charge is 0.258 e. The van der Waals surface area contributed by atoms with E-state index in [2.05, 4.69) is 10.6 Å². The van der Waals surface area contributed by atoms with Crippen LogP contribution < -0.4 is 15.4 Å². The third-order valence-corrected chi connectivity index (χ3v) is 3.65. The van der Waals surface area contributed by atoms with Crippen molar-refractivity contribution < 1.29 is 9.53 Å². The Morgan fingerprint density at radius 3 is 3.16 bits per heavy atom. The van der Waals surface area contributed by atoms with Crippen molar-refractivity contribution >= 4 is 17.5 Å². The second-order valence-corrected chi connectivity index (χ2v) is 5.17. The van der Waals surface area contributed by atoms with Crippen LogP contribution in [0.15, 0.2) is 18.2 Å². The zero-order chi connectivity index (χ0) is 13.7.